The predicted octanol–water partition coefficient (Wildman–Crippen LogP) is 4.78. The van der Waals surface area contributed by atoms with Crippen molar-refractivity contribution in [1.82, 2.24) is 4.90 Å². The van der Waals surface area contributed by atoms with Gasteiger partial charge in [-0.25, -0.2) is 0 Å². The fraction of sp³-hybridized carbons (Fsp3) is 0.231. The quantitative estimate of drug-likeness (QED) is 0.546. The van der Waals surface area contributed by atoms with E-state index in [9.17, 15) is 9.59 Å². The van der Waals surface area contributed by atoms with Crippen molar-refractivity contribution in [2.24, 2.45) is 0 Å². The van der Waals surface area contributed by atoms with Crippen molar-refractivity contribution >= 4 is 17.5 Å². The van der Waals surface area contributed by atoms with Crippen LogP contribution in [-0.2, 0) is 11.2 Å². The van der Waals surface area contributed by atoms with Crippen molar-refractivity contribution in [3.05, 3.63) is 95.6 Å². The van der Waals surface area contributed by atoms with Crippen molar-refractivity contribution in [2.45, 2.75) is 20.3 Å². The monoisotopic (exact) mass is 416 g/mol. The van der Waals surface area contributed by atoms with Crippen LogP contribution in [0.15, 0.2) is 78.9 Å². The fourth-order valence-electron chi connectivity index (χ4n) is 3.37. The molecule has 0 aliphatic heterocycles. The lowest BCUT2D eigenvalue weighted by atomic mass is 10.0. The number of hydrogen-bond donors (Lipinski definition) is 1. The van der Waals surface area contributed by atoms with Crippen LogP contribution in [0.3, 0.4) is 0 Å². The highest BCUT2D eigenvalue weighted by atomic mass is 16.5. The molecule has 0 radical (unpaired) electrons. The molecule has 0 aromatic heterocycles. The Hall–Kier alpha value is -3.60. The van der Waals surface area contributed by atoms with E-state index in [1.54, 1.807) is 29.2 Å². The summed E-state index contributed by atoms with van der Waals surface area (Å²) in [6, 6.07) is 24.8. The average molecular weight is 417 g/mol. The van der Waals surface area contributed by atoms with E-state index in [-0.39, 0.29) is 18.4 Å². The summed E-state index contributed by atoms with van der Waals surface area (Å²) in [4.78, 5) is 26.7. The molecule has 0 aliphatic rings. The van der Waals surface area contributed by atoms with Crippen LogP contribution in [0.25, 0.3) is 0 Å². The second-order valence-corrected chi connectivity index (χ2v) is 7.17. The van der Waals surface area contributed by atoms with E-state index in [0.29, 0.717) is 30.1 Å². The lowest BCUT2D eigenvalue weighted by molar-refractivity contribution is -0.118. The lowest BCUT2D eigenvalue weighted by Crippen LogP contribution is -2.30. The van der Waals surface area contributed by atoms with Crippen LogP contribution < -0.4 is 10.1 Å². The summed E-state index contributed by atoms with van der Waals surface area (Å²) in [7, 11) is 0. The Morgan fingerprint density at radius 1 is 0.871 bits per heavy atom. The lowest BCUT2D eigenvalue weighted by Gasteiger charge is -2.19. The molecule has 1 N–H and O–H groups in total. The summed E-state index contributed by atoms with van der Waals surface area (Å²) in [6.45, 7) is 5.06. The number of amides is 2. The zero-order chi connectivity index (χ0) is 22.1. The van der Waals surface area contributed by atoms with Crippen LogP contribution in [0.1, 0.15) is 35.3 Å². The SMILES string of the molecule is CCN(CC)C(=O)c1cccc(NC(=O)COc2ccccc2Cc2ccccc2)c1. The number of anilines is 1. The van der Waals surface area contributed by atoms with Gasteiger partial charge < -0.3 is 15.0 Å². The molecule has 0 heterocycles. The molecule has 160 valence electrons. The summed E-state index contributed by atoms with van der Waals surface area (Å²) < 4.78 is 5.81. The molecule has 0 unspecified atom stereocenters. The molecule has 0 aliphatic carbocycles. The first-order valence-electron chi connectivity index (χ1n) is 10.5. The summed E-state index contributed by atoms with van der Waals surface area (Å²) in [5.41, 5.74) is 3.32. The third kappa shape index (κ3) is 6.19. The van der Waals surface area contributed by atoms with Crippen molar-refractivity contribution < 1.29 is 14.3 Å². The van der Waals surface area contributed by atoms with Gasteiger partial charge in [0.25, 0.3) is 11.8 Å². The number of nitrogens with zero attached hydrogens (tertiary/aromatic N) is 1. The maximum Gasteiger partial charge on any atom is 0.262 e. The van der Waals surface area contributed by atoms with Crippen molar-refractivity contribution in [3.8, 4) is 5.75 Å². The van der Waals surface area contributed by atoms with Crippen molar-refractivity contribution in [1.29, 1.82) is 0 Å². The Bertz CT molecular complexity index is 1010. The van der Waals surface area contributed by atoms with E-state index in [0.717, 1.165) is 12.0 Å². The zero-order valence-electron chi connectivity index (χ0n) is 18.0. The predicted molar refractivity (Wildman–Crippen MR) is 124 cm³/mol. The minimum Gasteiger partial charge on any atom is -0.483 e. The zero-order valence-corrected chi connectivity index (χ0v) is 18.0. The average Bonchev–Trinajstić information content (AvgIpc) is 2.80. The van der Waals surface area contributed by atoms with E-state index in [2.05, 4.69) is 17.4 Å². The van der Waals surface area contributed by atoms with Gasteiger partial charge in [-0.15, -0.1) is 0 Å². The molecule has 3 aromatic carbocycles. The van der Waals surface area contributed by atoms with Gasteiger partial charge in [0, 0.05) is 30.8 Å². The summed E-state index contributed by atoms with van der Waals surface area (Å²) >= 11 is 0. The van der Waals surface area contributed by atoms with Crippen LogP contribution in [-0.4, -0.2) is 36.4 Å². The molecule has 0 saturated heterocycles. The standard InChI is InChI=1S/C26H28N2O3/c1-3-28(4-2)26(30)22-14-10-15-23(18-22)27-25(29)19-31-24-16-9-8-13-21(24)17-20-11-6-5-7-12-20/h5-16,18H,3-4,17,19H2,1-2H3,(H,27,29). The smallest absolute Gasteiger partial charge is 0.262 e. The minimum absolute atomic E-state index is 0.0489. The first kappa shape index (κ1) is 22.1. The highest BCUT2D eigenvalue weighted by Gasteiger charge is 2.13. The van der Waals surface area contributed by atoms with Crippen molar-refractivity contribution in [3.63, 3.8) is 0 Å². The number of nitrogens with one attached hydrogen (secondary N) is 1. The van der Waals surface area contributed by atoms with Crippen LogP contribution in [0.5, 0.6) is 5.75 Å². The van der Waals surface area contributed by atoms with Crippen LogP contribution in [0, 0.1) is 0 Å². The molecule has 0 spiro atoms. The largest absolute Gasteiger partial charge is 0.483 e. The number of rotatable bonds is 9. The molecule has 31 heavy (non-hydrogen) atoms. The Balaban J connectivity index is 1.61. The highest BCUT2D eigenvalue weighted by Crippen LogP contribution is 2.21. The van der Waals surface area contributed by atoms with E-state index < -0.39 is 0 Å². The Morgan fingerprint density at radius 3 is 2.32 bits per heavy atom. The second-order valence-electron chi connectivity index (χ2n) is 7.17. The summed E-state index contributed by atoms with van der Waals surface area (Å²) in [5, 5.41) is 2.82. The van der Waals surface area contributed by atoms with Crippen LogP contribution in [0.4, 0.5) is 5.69 Å². The molecule has 0 atom stereocenters. The molecular weight excluding hydrogens is 388 g/mol. The number of para-hydroxylation sites is 1. The van der Waals surface area contributed by atoms with E-state index >= 15 is 0 Å². The Labute approximate surface area is 183 Å². The molecule has 0 fully saturated rings. The summed E-state index contributed by atoms with van der Waals surface area (Å²) in [5.74, 6) is 0.362. The number of hydrogen-bond acceptors (Lipinski definition) is 3. The van der Waals surface area contributed by atoms with Gasteiger partial charge in [0.15, 0.2) is 6.61 Å². The number of carbonyl (C=O) groups excluding carboxylic acids is 2. The van der Waals surface area contributed by atoms with Gasteiger partial charge >= 0.3 is 0 Å². The van der Waals surface area contributed by atoms with Gasteiger partial charge in [-0.1, -0.05) is 54.6 Å². The van der Waals surface area contributed by atoms with Gasteiger partial charge in [-0.2, -0.15) is 0 Å². The van der Waals surface area contributed by atoms with E-state index in [1.807, 2.05) is 56.3 Å². The number of benzene rings is 3. The molecule has 5 nitrogen and oxygen atoms in total. The first-order chi connectivity index (χ1) is 15.1. The first-order valence-corrected chi connectivity index (χ1v) is 10.5. The van der Waals surface area contributed by atoms with Crippen LogP contribution >= 0.6 is 0 Å². The number of ether oxygens (including phenoxy) is 1. The number of carbonyl (C=O) groups is 2. The molecule has 3 rings (SSSR count). The van der Waals surface area contributed by atoms with E-state index in [1.165, 1.54) is 5.56 Å². The summed E-state index contributed by atoms with van der Waals surface area (Å²) in [6.07, 6.45) is 0.730. The molecule has 3 aromatic rings. The maximum absolute atomic E-state index is 12.5. The Morgan fingerprint density at radius 2 is 1.58 bits per heavy atom. The Kier molecular flexibility index (Phi) is 7.82. The molecule has 0 bridgehead atoms. The molecular formula is C26H28N2O3. The highest BCUT2D eigenvalue weighted by molar-refractivity contribution is 5.97. The van der Waals surface area contributed by atoms with Gasteiger partial charge in [-0.05, 0) is 49.2 Å². The minimum atomic E-state index is -0.276. The van der Waals surface area contributed by atoms with Gasteiger partial charge in [0.05, 0.1) is 0 Å². The molecule has 2 amide bonds. The maximum atomic E-state index is 12.5. The normalized spacial score (nSPS) is 10.4. The van der Waals surface area contributed by atoms with Crippen molar-refractivity contribution in [2.75, 3.05) is 25.0 Å². The van der Waals surface area contributed by atoms with Gasteiger partial charge in [0.2, 0.25) is 0 Å². The topological polar surface area (TPSA) is 58.6 Å². The molecule has 5 heteroatoms. The molecule has 0 saturated carbocycles. The second kappa shape index (κ2) is 11.0. The van der Waals surface area contributed by atoms with Crippen LogP contribution in [0.2, 0.25) is 0 Å². The fourth-order valence-corrected chi connectivity index (χ4v) is 3.37. The van der Waals surface area contributed by atoms with Gasteiger partial charge in [0.1, 0.15) is 5.75 Å². The third-order valence-electron chi connectivity index (χ3n) is 5.01. The van der Waals surface area contributed by atoms with Gasteiger partial charge in [-0.3, -0.25) is 9.59 Å². The third-order valence-corrected chi connectivity index (χ3v) is 5.01. The van der Waals surface area contributed by atoms with E-state index in [4.69, 9.17) is 4.74 Å².